The molecule has 0 heterocycles. The van der Waals surface area contributed by atoms with E-state index in [1.54, 1.807) is 6.92 Å². The average molecular weight is 282 g/mol. The molecule has 0 saturated heterocycles. The van der Waals surface area contributed by atoms with E-state index in [0.29, 0.717) is 0 Å². The van der Waals surface area contributed by atoms with Crippen LogP contribution in [-0.4, -0.2) is 5.78 Å². The fraction of sp³-hybridized carbons (Fsp3) is 0.450. The predicted octanol–water partition coefficient (Wildman–Crippen LogP) is 5.95. The molecular weight excluding hydrogens is 256 g/mol. The fourth-order valence-corrected chi connectivity index (χ4v) is 2.88. The largest absolute Gasteiger partial charge is 0.295 e. The normalized spacial score (nSPS) is 11.0. The maximum Gasteiger partial charge on any atom is 0.159 e. The minimum absolute atomic E-state index is 0.137. The number of ketones is 1. The van der Waals surface area contributed by atoms with E-state index in [1.807, 2.05) is 12.1 Å². The van der Waals surface area contributed by atoms with Gasteiger partial charge in [-0.1, -0.05) is 69.4 Å². The molecule has 112 valence electrons. The molecule has 0 unspecified atom stereocenters. The molecule has 0 radical (unpaired) electrons. The van der Waals surface area contributed by atoms with Gasteiger partial charge in [0.2, 0.25) is 0 Å². The van der Waals surface area contributed by atoms with Crippen molar-refractivity contribution in [1.29, 1.82) is 0 Å². The summed E-state index contributed by atoms with van der Waals surface area (Å²) < 4.78 is 0. The van der Waals surface area contributed by atoms with Crippen LogP contribution in [0.3, 0.4) is 0 Å². The minimum atomic E-state index is 0.137. The monoisotopic (exact) mass is 282 g/mol. The summed E-state index contributed by atoms with van der Waals surface area (Å²) in [5.41, 5.74) is 2.22. The van der Waals surface area contributed by atoms with E-state index in [0.717, 1.165) is 12.0 Å². The number of aryl methyl sites for hydroxylation is 1. The molecule has 1 heteroatoms. The lowest BCUT2D eigenvalue weighted by Crippen LogP contribution is -1.93. The van der Waals surface area contributed by atoms with Crippen molar-refractivity contribution in [3.05, 3.63) is 47.5 Å². The van der Waals surface area contributed by atoms with E-state index in [9.17, 15) is 4.79 Å². The van der Waals surface area contributed by atoms with E-state index in [4.69, 9.17) is 0 Å². The Bertz CT molecular complexity index is 598. The molecule has 0 aromatic heterocycles. The van der Waals surface area contributed by atoms with Crippen molar-refractivity contribution >= 4 is 16.6 Å². The molecule has 0 aliphatic carbocycles. The molecule has 0 fully saturated rings. The van der Waals surface area contributed by atoms with E-state index >= 15 is 0 Å². The van der Waals surface area contributed by atoms with Gasteiger partial charge in [-0.25, -0.2) is 0 Å². The summed E-state index contributed by atoms with van der Waals surface area (Å²) >= 11 is 0. The molecular formula is C20H26O. The van der Waals surface area contributed by atoms with Crippen LogP contribution in [0.5, 0.6) is 0 Å². The van der Waals surface area contributed by atoms with Gasteiger partial charge < -0.3 is 0 Å². The third kappa shape index (κ3) is 4.42. The van der Waals surface area contributed by atoms with Gasteiger partial charge in [0.05, 0.1) is 0 Å². The highest BCUT2D eigenvalue weighted by molar-refractivity contribution is 5.99. The van der Waals surface area contributed by atoms with Gasteiger partial charge >= 0.3 is 0 Å². The van der Waals surface area contributed by atoms with E-state index in [-0.39, 0.29) is 5.78 Å². The highest BCUT2D eigenvalue weighted by Crippen LogP contribution is 2.22. The minimum Gasteiger partial charge on any atom is -0.295 e. The zero-order valence-corrected chi connectivity index (χ0v) is 13.3. The Hall–Kier alpha value is -1.63. The smallest absolute Gasteiger partial charge is 0.159 e. The van der Waals surface area contributed by atoms with Crippen molar-refractivity contribution in [3.8, 4) is 0 Å². The maximum absolute atomic E-state index is 11.5. The molecule has 0 amide bonds. The fourth-order valence-electron chi connectivity index (χ4n) is 2.88. The Labute approximate surface area is 128 Å². The first kappa shape index (κ1) is 15.8. The van der Waals surface area contributed by atoms with Crippen LogP contribution in [0.4, 0.5) is 0 Å². The first-order chi connectivity index (χ1) is 10.2. The molecule has 0 saturated carbocycles. The molecule has 0 aliphatic rings. The van der Waals surface area contributed by atoms with Crippen LogP contribution in [0.25, 0.3) is 10.8 Å². The Morgan fingerprint density at radius 3 is 2.48 bits per heavy atom. The molecule has 2 aromatic carbocycles. The number of hydrogen-bond donors (Lipinski definition) is 0. The van der Waals surface area contributed by atoms with Crippen molar-refractivity contribution in [2.24, 2.45) is 0 Å². The highest BCUT2D eigenvalue weighted by atomic mass is 16.1. The zero-order chi connectivity index (χ0) is 15.1. The third-order valence-electron chi connectivity index (χ3n) is 4.18. The molecule has 0 spiro atoms. The van der Waals surface area contributed by atoms with Crippen molar-refractivity contribution in [3.63, 3.8) is 0 Å². The van der Waals surface area contributed by atoms with E-state index < -0.39 is 0 Å². The van der Waals surface area contributed by atoms with Gasteiger partial charge in [0.1, 0.15) is 0 Å². The average Bonchev–Trinajstić information content (AvgIpc) is 2.50. The first-order valence-electron chi connectivity index (χ1n) is 8.25. The van der Waals surface area contributed by atoms with Crippen LogP contribution in [0.15, 0.2) is 36.4 Å². The second-order valence-electron chi connectivity index (χ2n) is 5.93. The molecule has 1 nitrogen and oxygen atoms in total. The van der Waals surface area contributed by atoms with Gasteiger partial charge in [0.25, 0.3) is 0 Å². The number of hydrogen-bond acceptors (Lipinski definition) is 1. The summed E-state index contributed by atoms with van der Waals surface area (Å²) in [5, 5.41) is 2.49. The molecule has 21 heavy (non-hydrogen) atoms. The summed E-state index contributed by atoms with van der Waals surface area (Å²) in [5.74, 6) is 0.137. The molecule has 0 bridgehead atoms. The van der Waals surface area contributed by atoms with Crippen molar-refractivity contribution in [2.45, 2.75) is 58.8 Å². The topological polar surface area (TPSA) is 17.1 Å². The summed E-state index contributed by atoms with van der Waals surface area (Å²) in [4.78, 5) is 11.5. The molecule has 2 rings (SSSR count). The Morgan fingerprint density at radius 1 is 0.952 bits per heavy atom. The van der Waals surface area contributed by atoms with Gasteiger partial charge in [0.15, 0.2) is 5.78 Å². The van der Waals surface area contributed by atoms with Gasteiger partial charge in [-0.15, -0.1) is 0 Å². The molecule has 2 aromatic rings. The predicted molar refractivity (Wildman–Crippen MR) is 91.0 cm³/mol. The van der Waals surface area contributed by atoms with Crippen LogP contribution < -0.4 is 0 Å². The molecule has 0 N–H and O–H groups in total. The SMILES string of the molecule is CCCCCCCCc1cccc2cc(C(C)=O)ccc12. The number of unbranched alkanes of at least 4 members (excludes halogenated alkanes) is 5. The van der Waals surface area contributed by atoms with Gasteiger partial charge in [-0.3, -0.25) is 4.79 Å². The number of benzene rings is 2. The zero-order valence-electron chi connectivity index (χ0n) is 13.3. The quantitative estimate of drug-likeness (QED) is 0.432. The van der Waals surface area contributed by atoms with Crippen LogP contribution in [-0.2, 0) is 6.42 Å². The lowest BCUT2D eigenvalue weighted by molar-refractivity contribution is 0.101. The van der Waals surface area contributed by atoms with Crippen molar-refractivity contribution < 1.29 is 4.79 Å². The first-order valence-corrected chi connectivity index (χ1v) is 8.25. The second kappa shape index (κ2) is 7.97. The lowest BCUT2D eigenvalue weighted by atomic mass is 9.97. The maximum atomic E-state index is 11.5. The molecule has 0 aliphatic heterocycles. The van der Waals surface area contributed by atoms with Crippen LogP contribution in [0.1, 0.15) is 68.3 Å². The highest BCUT2D eigenvalue weighted by Gasteiger charge is 2.04. The van der Waals surface area contributed by atoms with Crippen LogP contribution in [0, 0.1) is 0 Å². The Balaban J connectivity index is 2.01. The van der Waals surface area contributed by atoms with Crippen molar-refractivity contribution in [2.75, 3.05) is 0 Å². The van der Waals surface area contributed by atoms with Gasteiger partial charge in [-0.2, -0.15) is 0 Å². The standard InChI is InChI=1S/C20H26O/c1-3-4-5-6-7-8-10-17-11-9-12-19-15-18(16(2)21)13-14-20(17)19/h9,11-15H,3-8,10H2,1-2H3. The van der Waals surface area contributed by atoms with Crippen LogP contribution in [0.2, 0.25) is 0 Å². The summed E-state index contributed by atoms with van der Waals surface area (Å²) in [7, 11) is 0. The van der Waals surface area contributed by atoms with E-state index in [1.165, 1.54) is 54.9 Å². The summed E-state index contributed by atoms with van der Waals surface area (Å²) in [6.45, 7) is 3.88. The third-order valence-corrected chi connectivity index (χ3v) is 4.18. The lowest BCUT2D eigenvalue weighted by Gasteiger charge is -2.08. The second-order valence-corrected chi connectivity index (χ2v) is 5.93. The number of carbonyl (C=O) groups excluding carboxylic acids is 1. The number of fused-ring (bicyclic) bond motifs is 1. The Morgan fingerprint density at radius 2 is 1.71 bits per heavy atom. The van der Waals surface area contributed by atoms with Gasteiger partial charge in [-0.05, 0) is 42.2 Å². The van der Waals surface area contributed by atoms with E-state index in [2.05, 4.69) is 31.2 Å². The number of carbonyl (C=O) groups is 1. The summed E-state index contributed by atoms with van der Waals surface area (Å²) in [6.07, 6.45) is 9.12. The Kier molecular flexibility index (Phi) is 5.98. The number of Topliss-reactive ketones (excluding diaryl/α,β-unsaturated/α-hetero) is 1. The van der Waals surface area contributed by atoms with Crippen LogP contribution >= 0.6 is 0 Å². The molecule has 0 atom stereocenters. The summed E-state index contributed by atoms with van der Waals surface area (Å²) in [6, 6.07) is 12.5. The van der Waals surface area contributed by atoms with Gasteiger partial charge in [0, 0.05) is 5.56 Å². The van der Waals surface area contributed by atoms with Crippen molar-refractivity contribution in [1.82, 2.24) is 0 Å². The number of rotatable bonds is 8.